The summed E-state index contributed by atoms with van der Waals surface area (Å²) in [5.74, 6) is -1.56. The Morgan fingerprint density at radius 3 is 2.58 bits per heavy atom. The van der Waals surface area contributed by atoms with Crippen molar-refractivity contribution in [2.45, 2.75) is 6.92 Å². The summed E-state index contributed by atoms with van der Waals surface area (Å²) < 4.78 is 0.369. The Bertz CT molecular complexity index is 872. The highest BCUT2D eigenvalue weighted by molar-refractivity contribution is 8.27. The molecule has 2 aromatic carbocycles. The number of carbonyl (C=O) groups excluding carboxylic acids is 2. The molecule has 1 aliphatic rings. The lowest BCUT2D eigenvalue weighted by Gasteiger charge is -2.15. The van der Waals surface area contributed by atoms with Gasteiger partial charge < -0.3 is 9.90 Å². The Labute approximate surface area is 148 Å². The van der Waals surface area contributed by atoms with Gasteiger partial charge in [-0.2, -0.15) is 0 Å². The molecule has 0 spiro atoms. The minimum absolute atomic E-state index is 0.00376. The van der Waals surface area contributed by atoms with Crippen LogP contribution >= 0.6 is 24.0 Å². The predicted molar refractivity (Wildman–Crippen MR) is 97.6 cm³/mol. The number of hydrogen-bond donors (Lipinski definition) is 0. The Hall–Kier alpha value is -2.44. The van der Waals surface area contributed by atoms with Crippen LogP contribution in [0.25, 0.3) is 6.08 Å². The first kappa shape index (κ1) is 16.4. The number of amides is 1. The smallest absolute Gasteiger partial charge is 0.270 e. The Morgan fingerprint density at radius 2 is 1.92 bits per heavy atom. The van der Waals surface area contributed by atoms with Gasteiger partial charge in [0, 0.05) is 0 Å². The summed E-state index contributed by atoms with van der Waals surface area (Å²) in [5.41, 5.74) is 2.47. The summed E-state index contributed by atoms with van der Waals surface area (Å²) in [6.07, 6.45) is 1.78. The van der Waals surface area contributed by atoms with Gasteiger partial charge in [-0.05, 0) is 36.3 Å². The fourth-order valence-electron chi connectivity index (χ4n) is 2.28. The number of rotatable bonds is 3. The molecular formula is C18H12NO3S2-. The van der Waals surface area contributed by atoms with Gasteiger partial charge in [0.25, 0.3) is 5.91 Å². The number of thioether (sulfide) groups is 1. The second-order valence-corrected chi connectivity index (χ2v) is 6.94. The van der Waals surface area contributed by atoms with E-state index in [2.05, 4.69) is 0 Å². The summed E-state index contributed by atoms with van der Waals surface area (Å²) in [6.45, 7) is 1.99. The van der Waals surface area contributed by atoms with E-state index < -0.39 is 5.97 Å². The number of aromatic carboxylic acids is 1. The molecule has 6 heteroatoms. The zero-order chi connectivity index (χ0) is 17.3. The van der Waals surface area contributed by atoms with E-state index in [0.717, 1.165) is 11.1 Å². The summed E-state index contributed by atoms with van der Waals surface area (Å²) in [6, 6.07) is 13.8. The molecule has 0 atom stereocenters. The Morgan fingerprint density at radius 1 is 1.21 bits per heavy atom. The van der Waals surface area contributed by atoms with Crippen LogP contribution in [0.3, 0.4) is 0 Å². The molecule has 2 aromatic rings. The van der Waals surface area contributed by atoms with Gasteiger partial charge in [-0.1, -0.05) is 65.9 Å². The van der Waals surface area contributed by atoms with Crippen molar-refractivity contribution in [2.24, 2.45) is 0 Å². The molecule has 1 heterocycles. The molecule has 0 unspecified atom stereocenters. The predicted octanol–water partition coefficient (Wildman–Crippen LogP) is 2.76. The first-order valence-corrected chi connectivity index (χ1v) is 8.34. The number of nitrogens with zero attached hydrogens (tertiary/aromatic N) is 1. The van der Waals surface area contributed by atoms with Crippen molar-refractivity contribution in [3.63, 3.8) is 0 Å². The van der Waals surface area contributed by atoms with Crippen LogP contribution in [0.15, 0.2) is 53.4 Å². The Balaban J connectivity index is 1.93. The minimum atomic E-state index is -1.29. The van der Waals surface area contributed by atoms with E-state index >= 15 is 0 Å². The second-order valence-electron chi connectivity index (χ2n) is 5.27. The van der Waals surface area contributed by atoms with Gasteiger partial charge >= 0.3 is 0 Å². The van der Waals surface area contributed by atoms with Crippen LogP contribution in [0.2, 0.25) is 0 Å². The number of thiocarbonyl (C=S) groups is 1. The van der Waals surface area contributed by atoms with Crippen molar-refractivity contribution in [2.75, 3.05) is 4.90 Å². The van der Waals surface area contributed by atoms with E-state index in [1.165, 1.54) is 28.8 Å². The van der Waals surface area contributed by atoms with Crippen LogP contribution in [0, 0.1) is 6.92 Å². The van der Waals surface area contributed by atoms with Gasteiger partial charge in [0.05, 0.1) is 16.6 Å². The lowest BCUT2D eigenvalue weighted by atomic mass is 10.1. The molecule has 0 radical (unpaired) electrons. The molecule has 120 valence electrons. The molecule has 4 nitrogen and oxygen atoms in total. The van der Waals surface area contributed by atoms with E-state index in [1.54, 1.807) is 18.2 Å². The molecule has 1 fully saturated rings. The molecule has 0 aliphatic carbocycles. The van der Waals surface area contributed by atoms with E-state index in [1.807, 2.05) is 31.2 Å². The van der Waals surface area contributed by atoms with Crippen LogP contribution in [-0.4, -0.2) is 16.2 Å². The summed E-state index contributed by atoms with van der Waals surface area (Å²) >= 11 is 6.48. The summed E-state index contributed by atoms with van der Waals surface area (Å²) in [5, 5.41) is 11.0. The van der Waals surface area contributed by atoms with Gasteiger partial charge in [0.1, 0.15) is 0 Å². The van der Waals surface area contributed by atoms with Gasteiger partial charge in [0.15, 0.2) is 4.32 Å². The molecule has 1 amide bonds. The first-order valence-electron chi connectivity index (χ1n) is 7.12. The lowest BCUT2D eigenvalue weighted by molar-refractivity contribution is -0.255. The van der Waals surface area contributed by atoms with Crippen LogP contribution in [0.4, 0.5) is 5.69 Å². The molecule has 0 aromatic heterocycles. The van der Waals surface area contributed by atoms with E-state index in [9.17, 15) is 14.7 Å². The summed E-state index contributed by atoms with van der Waals surface area (Å²) in [4.78, 5) is 25.5. The molecule has 1 saturated heterocycles. The quantitative estimate of drug-likeness (QED) is 0.627. The van der Waals surface area contributed by atoms with E-state index in [-0.39, 0.29) is 11.5 Å². The van der Waals surface area contributed by atoms with Crippen LogP contribution in [-0.2, 0) is 4.79 Å². The number of hydrogen-bond acceptors (Lipinski definition) is 5. The SMILES string of the molecule is Cc1ccc(/C=C2\SC(=S)N(c3cccc(C(=O)[O-])c3)C2=O)cc1. The molecule has 0 bridgehead atoms. The van der Waals surface area contributed by atoms with E-state index in [4.69, 9.17) is 12.2 Å². The average molecular weight is 354 g/mol. The van der Waals surface area contributed by atoms with Crippen molar-refractivity contribution in [1.82, 2.24) is 0 Å². The van der Waals surface area contributed by atoms with Gasteiger partial charge in [0.2, 0.25) is 0 Å². The fourth-order valence-corrected chi connectivity index (χ4v) is 3.58. The van der Waals surface area contributed by atoms with Crippen molar-refractivity contribution in [3.8, 4) is 0 Å². The maximum atomic E-state index is 12.7. The summed E-state index contributed by atoms with van der Waals surface area (Å²) in [7, 11) is 0. The molecule has 3 rings (SSSR count). The third-order valence-electron chi connectivity index (χ3n) is 3.51. The minimum Gasteiger partial charge on any atom is -0.545 e. The molecule has 24 heavy (non-hydrogen) atoms. The van der Waals surface area contributed by atoms with Gasteiger partial charge in [-0.25, -0.2) is 0 Å². The number of carbonyl (C=O) groups is 2. The van der Waals surface area contributed by atoms with Crippen molar-refractivity contribution in [3.05, 3.63) is 70.1 Å². The van der Waals surface area contributed by atoms with Crippen molar-refractivity contribution >= 4 is 51.9 Å². The van der Waals surface area contributed by atoms with Gasteiger partial charge in [-0.3, -0.25) is 9.69 Å². The number of carboxylic acids is 1. The fraction of sp³-hybridized carbons (Fsp3) is 0.0556. The topological polar surface area (TPSA) is 60.4 Å². The zero-order valence-electron chi connectivity index (χ0n) is 12.7. The Kier molecular flexibility index (Phi) is 4.51. The molecule has 0 saturated carbocycles. The van der Waals surface area contributed by atoms with Crippen molar-refractivity contribution < 1.29 is 14.7 Å². The normalized spacial score (nSPS) is 16.0. The standard InChI is InChI=1S/C18H13NO3S2/c1-11-5-7-12(8-6-11)9-15-16(20)19(18(23)24-15)14-4-2-3-13(10-14)17(21)22/h2-10H,1H3,(H,21,22)/p-1/b15-9-. The van der Waals surface area contributed by atoms with E-state index in [0.29, 0.717) is 14.9 Å². The van der Waals surface area contributed by atoms with Gasteiger partial charge in [-0.15, -0.1) is 0 Å². The third-order valence-corrected chi connectivity index (χ3v) is 4.81. The van der Waals surface area contributed by atoms with Crippen LogP contribution in [0.5, 0.6) is 0 Å². The number of aryl methyl sites for hydroxylation is 1. The zero-order valence-corrected chi connectivity index (χ0v) is 14.3. The maximum absolute atomic E-state index is 12.7. The third kappa shape index (κ3) is 3.25. The molecule has 0 N–H and O–H groups in total. The highest BCUT2D eigenvalue weighted by atomic mass is 32.2. The second kappa shape index (κ2) is 6.59. The van der Waals surface area contributed by atoms with Crippen molar-refractivity contribution in [1.29, 1.82) is 0 Å². The molecule has 1 aliphatic heterocycles. The number of benzene rings is 2. The maximum Gasteiger partial charge on any atom is 0.270 e. The van der Waals surface area contributed by atoms with Crippen LogP contribution in [0.1, 0.15) is 21.5 Å². The molecular weight excluding hydrogens is 342 g/mol. The van der Waals surface area contributed by atoms with Crippen LogP contribution < -0.4 is 10.0 Å². The first-order chi connectivity index (χ1) is 11.5. The number of anilines is 1. The highest BCUT2D eigenvalue weighted by Gasteiger charge is 2.33. The monoisotopic (exact) mass is 354 g/mol. The lowest BCUT2D eigenvalue weighted by Crippen LogP contribution is -2.28. The largest absolute Gasteiger partial charge is 0.545 e. The average Bonchev–Trinajstić information content (AvgIpc) is 2.83. The number of carboxylic acid groups (broad SMARTS) is 1. The highest BCUT2D eigenvalue weighted by Crippen LogP contribution is 2.36.